The van der Waals surface area contributed by atoms with E-state index in [1.807, 2.05) is 24.3 Å². The highest BCUT2D eigenvalue weighted by atomic mass is 16.5. The molecule has 1 aliphatic rings. The largest absolute Gasteiger partial charge is 0.495 e. The van der Waals surface area contributed by atoms with Crippen molar-refractivity contribution >= 4 is 23.2 Å². The Morgan fingerprint density at radius 3 is 2.45 bits per heavy atom. The van der Waals surface area contributed by atoms with E-state index in [1.54, 1.807) is 31.5 Å². The van der Waals surface area contributed by atoms with Crippen molar-refractivity contribution in [3.63, 3.8) is 0 Å². The summed E-state index contributed by atoms with van der Waals surface area (Å²) < 4.78 is 5.47. The third-order valence-electron chi connectivity index (χ3n) is 4.85. The summed E-state index contributed by atoms with van der Waals surface area (Å²) in [4.78, 5) is 20.6. The highest BCUT2D eigenvalue weighted by Crippen LogP contribution is 2.28. The molecule has 0 bridgehead atoms. The predicted octanol–water partition coefficient (Wildman–Crippen LogP) is 2.46. The molecule has 0 radical (unpaired) electrons. The van der Waals surface area contributed by atoms with Crippen molar-refractivity contribution in [3.8, 4) is 5.75 Å². The summed E-state index contributed by atoms with van der Waals surface area (Å²) in [5.41, 5.74) is 1.58. The van der Waals surface area contributed by atoms with Gasteiger partial charge in [0.1, 0.15) is 5.75 Å². The molecule has 148 valence electrons. The van der Waals surface area contributed by atoms with Gasteiger partial charge in [-0.15, -0.1) is 10.2 Å². The van der Waals surface area contributed by atoms with E-state index < -0.39 is 0 Å². The molecule has 0 unspecified atom stereocenters. The number of carbonyl (C=O) groups is 1. The molecule has 0 atom stereocenters. The maximum Gasteiger partial charge on any atom is 0.258 e. The van der Waals surface area contributed by atoms with Crippen LogP contribution < -0.4 is 19.9 Å². The molecular weight excluding hydrogens is 368 g/mol. The zero-order valence-corrected chi connectivity index (χ0v) is 16.2. The van der Waals surface area contributed by atoms with Crippen LogP contribution in [0.25, 0.3) is 0 Å². The van der Waals surface area contributed by atoms with Crippen molar-refractivity contribution in [2.45, 2.75) is 0 Å². The van der Waals surface area contributed by atoms with Gasteiger partial charge in [0, 0.05) is 38.6 Å². The van der Waals surface area contributed by atoms with Crippen molar-refractivity contribution in [3.05, 3.63) is 66.5 Å². The van der Waals surface area contributed by atoms with Gasteiger partial charge in [-0.3, -0.25) is 9.78 Å². The number of methoxy groups -OCH3 is 1. The zero-order chi connectivity index (χ0) is 20.1. The van der Waals surface area contributed by atoms with Crippen LogP contribution in [-0.4, -0.2) is 54.4 Å². The van der Waals surface area contributed by atoms with Gasteiger partial charge in [-0.05, 0) is 36.4 Å². The molecule has 1 aliphatic heterocycles. The van der Waals surface area contributed by atoms with Crippen LogP contribution in [0.3, 0.4) is 0 Å². The molecule has 1 fully saturated rings. The molecule has 3 heterocycles. The van der Waals surface area contributed by atoms with Crippen LogP contribution in [-0.2, 0) is 0 Å². The molecule has 1 amide bonds. The van der Waals surface area contributed by atoms with Gasteiger partial charge in [0.25, 0.3) is 5.91 Å². The Hall–Kier alpha value is -3.68. The fourth-order valence-electron chi connectivity index (χ4n) is 3.31. The van der Waals surface area contributed by atoms with E-state index >= 15 is 0 Å². The number of anilines is 3. The van der Waals surface area contributed by atoms with E-state index in [4.69, 9.17) is 4.74 Å². The van der Waals surface area contributed by atoms with Crippen LogP contribution in [0, 0.1) is 0 Å². The molecule has 8 nitrogen and oxygen atoms in total. The van der Waals surface area contributed by atoms with Crippen molar-refractivity contribution in [2.24, 2.45) is 0 Å². The van der Waals surface area contributed by atoms with Crippen molar-refractivity contribution in [2.75, 3.05) is 48.4 Å². The molecule has 29 heavy (non-hydrogen) atoms. The number of hydrogen-bond donors (Lipinski definition) is 1. The number of hydrogen-bond acceptors (Lipinski definition) is 7. The highest BCUT2D eigenvalue weighted by Gasteiger charge is 2.20. The lowest BCUT2D eigenvalue weighted by Gasteiger charge is -2.37. The maximum absolute atomic E-state index is 12.2. The quantitative estimate of drug-likeness (QED) is 0.716. The van der Waals surface area contributed by atoms with Crippen molar-refractivity contribution < 1.29 is 9.53 Å². The van der Waals surface area contributed by atoms with Gasteiger partial charge in [-0.2, -0.15) is 0 Å². The molecule has 3 aromatic rings. The lowest BCUT2D eigenvalue weighted by molar-refractivity contribution is 0.102. The average Bonchev–Trinajstić information content (AvgIpc) is 2.80. The first-order valence-corrected chi connectivity index (χ1v) is 9.42. The van der Waals surface area contributed by atoms with Gasteiger partial charge >= 0.3 is 0 Å². The van der Waals surface area contributed by atoms with E-state index in [0.29, 0.717) is 11.4 Å². The van der Waals surface area contributed by atoms with Gasteiger partial charge < -0.3 is 19.9 Å². The lowest BCUT2D eigenvalue weighted by Crippen LogP contribution is -2.47. The minimum Gasteiger partial charge on any atom is -0.495 e. The van der Waals surface area contributed by atoms with Crippen LogP contribution >= 0.6 is 0 Å². The topological polar surface area (TPSA) is 83.5 Å². The van der Waals surface area contributed by atoms with Crippen LogP contribution in [0.4, 0.5) is 17.3 Å². The van der Waals surface area contributed by atoms with E-state index in [0.717, 1.165) is 43.4 Å². The monoisotopic (exact) mass is 390 g/mol. The number of benzene rings is 1. The van der Waals surface area contributed by atoms with Gasteiger partial charge in [0.05, 0.1) is 18.4 Å². The Labute approximate surface area is 169 Å². The second-order valence-electron chi connectivity index (χ2n) is 6.62. The SMILES string of the molecule is COc1ccccc1N1CCN(c2ccc(NC(=O)c3cccnc3)nn2)CC1. The number of amides is 1. The summed E-state index contributed by atoms with van der Waals surface area (Å²) in [5.74, 6) is 1.83. The highest BCUT2D eigenvalue weighted by molar-refractivity contribution is 6.03. The first-order chi connectivity index (χ1) is 14.2. The Kier molecular flexibility index (Phi) is 5.51. The molecule has 1 saturated heterocycles. The predicted molar refractivity (Wildman–Crippen MR) is 112 cm³/mol. The summed E-state index contributed by atoms with van der Waals surface area (Å²) in [5, 5.41) is 11.2. The Morgan fingerprint density at radius 1 is 0.966 bits per heavy atom. The lowest BCUT2D eigenvalue weighted by atomic mass is 10.2. The summed E-state index contributed by atoms with van der Waals surface area (Å²) in [6.07, 6.45) is 3.14. The third-order valence-corrected chi connectivity index (χ3v) is 4.85. The molecule has 0 saturated carbocycles. The van der Waals surface area contributed by atoms with Gasteiger partial charge in [-0.1, -0.05) is 12.1 Å². The maximum atomic E-state index is 12.2. The Balaban J connectivity index is 1.36. The van der Waals surface area contributed by atoms with E-state index in [1.165, 1.54) is 6.20 Å². The molecule has 0 aliphatic carbocycles. The number of pyridine rings is 1. The second-order valence-corrected chi connectivity index (χ2v) is 6.62. The fourth-order valence-corrected chi connectivity index (χ4v) is 3.31. The Morgan fingerprint density at radius 2 is 1.76 bits per heavy atom. The zero-order valence-electron chi connectivity index (χ0n) is 16.2. The molecular formula is C21H22N6O2. The number of nitrogens with zero attached hydrogens (tertiary/aromatic N) is 5. The number of nitrogens with one attached hydrogen (secondary N) is 1. The van der Waals surface area contributed by atoms with Crippen LogP contribution in [0.1, 0.15) is 10.4 Å². The summed E-state index contributed by atoms with van der Waals surface area (Å²) >= 11 is 0. The van der Waals surface area contributed by atoms with Crippen LogP contribution in [0.2, 0.25) is 0 Å². The van der Waals surface area contributed by atoms with Gasteiger partial charge in [0.2, 0.25) is 0 Å². The van der Waals surface area contributed by atoms with E-state index in [9.17, 15) is 4.79 Å². The first kappa shape index (κ1) is 18.7. The van der Waals surface area contributed by atoms with Crippen molar-refractivity contribution in [1.29, 1.82) is 0 Å². The Bertz CT molecular complexity index is 956. The van der Waals surface area contributed by atoms with Crippen molar-refractivity contribution in [1.82, 2.24) is 15.2 Å². The molecule has 0 spiro atoms. The third kappa shape index (κ3) is 4.26. The molecule has 2 aromatic heterocycles. The summed E-state index contributed by atoms with van der Waals surface area (Å²) in [7, 11) is 1.69. The number of aromatic nitrogens is 3. The normalized spacial score (nSPS) is 13.8. The molecule has 1 aromatic carbocycles. The fraction of sp³-hybridized carbons (Fsp3) is 0.238. The first-order valence-electron chi connectivity index (χ1n) is 9.42. The number of piperazine rings is 1. The number of carbonyl (C=O) groups excluding carboxylic acids is 1. The molecule has 4 rings (SSSR count). The number of ether oxygens (including phenoxy) is 1. The van der Waals surface area contributed by atoms with E-state index in [2.05, 4.69) is 36.4 Å². The second kappa shape index (κ2) is 8.55. The summed E-state index contributed by atoms with van der Waals surface area (Å²) in [6.45, 7) is 3.38. The number of rotatable bonds is 5. The van der Waals surface area contributed by atoms with Crippen LogP contribution in [0.5, 0.6) is 5.75 Å². The minimum atomic E-state index is -0.259. The number of para-hydroxylation sites is 2. The molecule has 8 heteroatoms. The minimum absolute atomic E-state index is 0.259. The standard InChI is InChI=1S/C21H22N6O2/c1-29-18-7-3-2-6-17(18)26-11-13-27(14-12-26)20-9-8-19(24-25-20)23-21(28)16-5-4-10-22-15-16/h2-10,15H,11-14H2,1H3,(H,23,24,28). The molecule has 1 N–H and O–H groups in total. The summed E-state index contributed by atoms with van der Waals surface area (Å²) in [6, 6.07) is 15.1. The smallest absolute Gasteiger partial charge is 0.258 e. The van der Waals surface area contributed by atoms with Gasteiger partial charge in [0.15, 0.2) is 11.6 Å². The van der Waals surface area contributed by atoms with Gasteiger partial charge in [-0.25, -0.2) is 0 Å². The van der Waals surface area contributed by atoms with E-state index in [-0.39, 0.29) is 5.91 Å². The average molecular weight is 390 g/mol. The van der Waals surface area contributed by atoms with Crippen LogP contribution in [0.15, 0.2) is 60.9 Å².